The summed E-state index contributed by atoms with van der Waals surface area (Å²) in [6.45, 7) is 4.37. The fourth-order valence-electron chi connectivity index (χ4n) is 2.42. The highest BCUT2D eigenvalue weighted by molar-refractivity contribution is 9.10. The molecular weight excluding hydrogens is 414 g/mol. The van der Waals surface area contributed by atoms with Gasteiger partial charge >= 0.3 is 11.9 Å². The van der Waals surface area contributed by atoms with Gasteiger partial charge in [0.15, 0.2) is 0 Å². The second-order valence-corrected chi connectivity index (χ2v) is 6.97. The van der Waals surface area contributed by atoms with E-state index < -0.39 is 11.9 Å². The Labute approximate surface area is 160 Å². The molecule has 140 valence electrons. The van der Waals surface area contributed by atoms with E-state index >= 15 is 0 Å². The van der Waals surface area contributed by atoms with Gasteiger partial charge in [0.25, 0.3) is 0 Å². The molecule has 1 aliphatic heterocycles. The smallest absolute Gasteiger partial charge is 0.414 e. The van der Waals surface area contributed by atoms with Gasteiger partial charge in [-0.05, 0) is 50.6 Å². The van der Waals surface area contributed by atoms with Crippen molar-refractivity contribution in [1.82, 2.24) is 4.90 Å². The fraction of sp³-hybridized carbons (Fsp3) is 0.529. The molecule has 0 atom stereocenters. The lowest BCUT2D eigenvalue weighted by Crippen LogP contribution is -2.26. The predicted molar refractivity (Wildman–Crippen MR) is 99.4 cm³/mol. The summed E-state index contributed by atoms with van der Waals surface area (Å²) in [7, 11) is 0. The van der Waals surface area contributed by atoms with Gasteiger partial charge in [0.1, 0.15) is 5.75 Å². The molecule has 0 spiro atoms. The number of halogens is 2. The van der Waals surface area contributed by atoms with Crippen LogP contribution in [0.4, 0.5) is 0 Å². The molecule has 1 fully saturated rings. The van der Waals surface area contributed by atoms with Crippen LogP contribution in [0.3, 0.4) is 0 Å². The number of carbonyl (C=O) groups is 2. The van der Waals surface area contributed by atoms with Gasteiger partial charge < -0.3 is 19.8 Å². The Bertz CT molecular complexity index is 550. The van der Waals surface area contributed by atoms with E-state index in [9.17, 15) is 0 Å². The zero-order valence-corrected chi connectivity index (χ0v) is 16.3. The van der Waals surface area contributed by atoms with Crippen LogP contribution in [-0.4, -0.2) is 53.3 Å². The van der Waals surface area contributed by atoms with Crippen LogP contribution in [0, 0.1) is 0 Å². The lowest BCUT2D eigenvalue weighted by atomic mass is 10.2. The van der Waals surface area contributed by atoms with Gasteiger partial charge in [-0.25, -0.2) is 9.59 Å². The summed E-state index contributed by atoms with van der Waals surface area (Å²) < 4.78 is 6.72. The van der Waals surface area contributed by atoms with Gasteiger partial charge in [0.2, 0.25) is 0 Å². The lowest BCUT2D eigenvalue weighted by Gasteiger charge is -2.19. The number of hydrogen-bond acceptors (Lipinski definition) is 4. The van der Waals surface area contributed by atoms with Crippen LogP contribution in [0.1, 0.15) is 32.1 Å². The Morgan fingerprint density at radius 2 is 1.72 bits per heavy atom. The molecule has 0 bridgehead atoms. The molecule has 2 N–H and O–H groups in total. The minimum absolute atomic E-state index is 0.671. The third-order valence-corrected chi connectivity index (χ3v) is 4.44. The van der Waals surface area contributed by atoms with Crippen LogP contribution >= 0.6 is 27.5 Å². The Morgan fingerprint density at radius 3 is 2.24 bits per heavy atom. The second-order valence-electron chi connectivity index (χ2n) is 5.64. The van der Waals surface area contributed by atoms with E-state index in [0.29, 0.717) is 5.02 Å². The molecule has 1 aromatic carbocycles. The molecule has 25 heavy (non-hydrogen) atoms. The number of nitrogens with zero attached hydrogens (tertiary/aromatic N) is 1. The van der Waals surface area contributed by atoms with Crippen molar-refractivity contribution in [3.63, 3.8) is 0 Å². The number of carboxylic acid groups (broad SMARTS) is 2. The number of benzene rings is 1. The summed E-state index contributed by atoms with van der Waals surface area (Å²) in [6, 6.07) is 5.74. The van der Waals surface area contributed by atoms with E-state index in [2.05, 4.69) is 20.8 Å². The monoisotopic (exact) mass is 435 g/mol. The van der Waals surface area contributed by atoms with Gasteiger partial charge in [-0.15, -0.1) is 0 Å². The van der Waals surface area contributed by atoms with Gasteiger partial charge in [0.05, 0.1) is 11.6 Å². The minimum atomic E-state index is -1.82. The molecule has 1 saturated heterocycles. The first-order valence-electron chi connectivity index (χ1n) is 8.16. The van der Waals surface area contributed by atoms with E-state index in [1.165, 1.54) is 38.8 Å². The summed E-state index contributed by atoms with van der Waals surface area (Å²) in [4.78, 5) is 20.8. The summed E-state index contributed by atoms with van der Waals surface area (Å²) >= 11 is 9.50. The largest absolute Gasteiger partial charge is 0.492 e. The Kier molecular flexibility index (Phi) is 10.5. The van der Waals surface area contributed by atoms with Gasteiger partial charge in [-0.2, -0.15) is 0 Å². The number of ether oxygens (including phenoxy) is 1. The molecule has 0 radical (unpaired) electrons. The first-order chi connectivity index (χ1) is 11.9. The quantitative estimate of drug-likeness (QED) is 0.538. The predicted octanol–water partition coefficient (Wildman–Crippen LogP) is 3.90. The Balaban J connectivity index is 0.000000450. The fourth-order valence-corrected chi connectivity index (χ4v) is 3.15. The van der Waals surface area contributed by atoms with Crippen molar-refractivity contribution in [2.45, 2.75) is 32.1 Å². The molecule has 8 heteroatoms. The number of rotatable bonds is 5. The highest BCUT2D eigenvalue weighted by atomic mass is 79.9. The lowest BCUT2D eigenvalue weighted by molar-refractivity contribution is -0.159. The standard InChI is InChI=1S/C15H21BrClNO.C2H2O4/c16-13-6-7-15(14(17)12-13)19-11-5-10-18-8-3-1-2-4-9-18;3-1(4)2(5)6/h6-7,12H,1-5,8-11H2;(H,3,4)(H,5,6). The molecule has 6 nitrogen and oxygen atoms in total. The maximum atomic E-state index is 9.10. The Morgan fingerprint density at radius 1 is 1.12 bits per heavy atom. The maximum Gasteiger partial charge on any atom is 0.414 e. The van der Waals surface area contributed by atoms with Gasteiger partial charge in [-0.1, -0.05) is 40.4 Å². The van der Waals surface area contributed by atoms with Crippen molar-refractivity contribution >= 4 is 39.5 Å². The van der Waals surface area contributed by atoms with Crippen LogP contribution < -0.4 is 4.74 Å². The van der Waals surface area contributed by atoms with Crippen molar-refractivity contribution in [1.29, 1.82) is 0 Å². The van der Waals surface area contributed by atoms with Crippen LogP contribution in [0.15, 0.2) is 22.7 Å². The summed E-state index contributed by atoms with van der Waals surface area (Å²) in [5, 5.41) is 15.5. The third-order valence-electron chi connectivity index (χ3n) is 3.65. The third kappa shape index (κ3) is 9.67. The average Bonchev–Trinajstić information content (AvgIpc) is 2.82. The normalized spacial score (nSPS) is 14.8. The zero-order chi connectivity index (χ0) is 18.7. The summed E-state index contributed by atoms with van der Waals surface area (Å²) in [6.07, 6.45) is 6.54. The SMILES string of the molecule is Clc1cc(Br)ccc1OCCCN1CCCCCC1.O=C(O)C(=O)O. The Hall–Kier alpha value is -1.31. The van der Waals surface area contributed by atoms with Gasteiger partial charge in [0, 0.05) is 11.0 Å². The summed E-state index contributed by atoms with van der Waals surface area (Å²) in [5.74, 6) is -2.87. The highest BCUT2D eigenvalue weighted by Crippen LogP contribution is 2.27. The van der Waals surface area contributed by atoms with Crippen molar-refractivity contribution in [2.24, 2.45) is 0 Å². The average molecular weight is 437 g/mol. The maximum absolute atomic E-state index is 9.10. The first-order valence-corrected chi connectivity index (χ1v) is 9.33. The molecule has 0 saturated carbocycles. The van der Waals surface area contributed by atoms with Crippen LogP contribution in [0.5, 0.6) is 5.75 Å². The van der Waals surface area contributed by atoms with E-state index in [0.717, 1.165) is 29.8 Å². The van der Waals surface area contributed by atoms with Crippen LogP contribution in [-0.2, 0) is 9.59 Å². The van der Waals surface area contributed by atoms with E-state index in [-0.39, 0.29) is 0 Å². The van der Waals surface area contributed by atoms with Crippen LogP contribution in [0.25, 0.3) is 0 Å². The van der Waals surface area contributed by atoms with Crippen molar-refractivity contribution in [3.05, 3.63) is 27.7 Å². The molecule has 2 rings (SSSR count). The highest BCUT2D eigenvalue weighted by Gasteiger charge is 2.08. The zero-order valence-electron chi connectivity index (χ0n) is 13.9. The number of carboxylic acids is 2. The van der Waals surface area contributed by atoms with E-state index in [1.54, 1.807) is 0 Å². The molecule has 1 aliphatic rings. The number of likely N-dealkylation sites (tertiary alicyclic amines) is 1. The van der Waals surface area contributed by atoms with Crippen molar-refractivity contribution < 1.29 is 24.5 Å². The molecule has 1 heterocycles. The van der Waals surface area contributed by atoms with E-state index in [4.69, 9.17) is 36.1 Å². The molecule has 0 aromatic heterocycles. The minimum Gasteiger partial charge on any atom is -0.492 e. The van der Waals surface area contributed by atoms with Gasteiger partial charge in [-0.3, -0.25) is 0 Å². The molecular formula is C17H23BrClNO5. The first kappa shape index (κ1) is 21.7. The number of hydrogen-bond donors (Lipinski definition) is 2. The second kappa shape index (κ2) is 12.1. The van der Waals surface area contributed by atoms with Crippen molar-refractivity contribution in [3.8, 4) is 5.75 Å². The number of aliphatic carboxylic acids is 2. The van der Waals surface area contributed by atoms with Crippen molar-refractivity contribution in [2.75, 3.05) is 26.2 Å². The van der Waals surface area contributed by atoms with E-state index in [1.807, 2.05) is 18.2 Å². The molecule has 0 aliphatic carbocycles. The van der Waals surface area contributed by atoms with Crippen LogP contribution in [0.2, 0.25) is 5.02 Å². The summed E-state index contributed by atoms with van der Waals surface area (Å²) in [5.41, 5.74) is 0. The topological polar surface area (TPSA) is 87.1 Å². The molecule has 0 amide bonds. The molecule has 0 unspecified atom stereocenters. The molecule has 1 aromatic rings.